The van der Waals surface area contributed by atoms with Crippen molar-refractivity contribution in [2.45, 2.75) is 45.7 Å². The molecule has 3 aromatic heterocycles. The van der Waals surface area contributed by atoms with Crippen LogP contribution < -0.4 is 16.2 Å². The highest BCUT2D eigenvalue weighted by molar-refractivity contribution is 6.30. The minimum atomic E-state index is -1.08. The van der Waals surface area contributed by atoms with Crippen molar-refractivity contribution in [3.8, 4) is 0 Å². The maximum atomic E-state index is 14.4. The third kappa shape index (κ3) is 8.37. The van der Waals surface area contributed by atoms with E-state index < -0.39 is 29.4 Å². The van der Waals surface area contributed by atoms with Crippen LogP contribution in [0.1, 0.15) is 38.2 Å². The number of H-pyrrole nitrogens is 1. The molecule has 12 nitrogen and oxygen atoms in total. The third-order valence-corrected chi connectivity index (χ3v) is 6.16. The first-order valence-electron chi connectivity index (χ1n) is 12.8. The number of carbonyl (C=O) groups is 3. The number of fused-ring (bicyclic) bond motifs is 1. The van der Waals surface area contributed by atoms with Crippen molar-refractivity contribution < 1.29 is 23.5 Å². The first kappa shape index (κ1) is 31.3. The van der Waals surface area contributed by atoms with Crippen LogP contribution in [0.15, 0.2) is 35.4 Å². The zero-order valence-corrected chi connectivity index (χ0v) is 24.2. The number of nitrogens with zero attached hydrogens (tertiary/aromatic N) is 4. The van der Waals surface area contributed by atoms with Gasteiger partial charge in [-0.3, -0.25) is 19.4 Å². The normalized spacial score (nSPS) is 12.1. The number of amides is 3. The van der Waals surface area contributed by atoms with E-state index in [2.05, 4.69) is 30.3 Å². The fourth-order valence-electron chi connectivity index (χ4n) is 3.93. The number of aromatic nitrogens is 4. The summed E-state index contributed by atoms with van der Waals surface area (Å²) in [6.07, 6.45) is 5.58. The molecule has 3 aromatic rings. The predicted octanol–water partition coefficient (Wildman–Crippen LogP) is 3.25. The van der Waals surface area contributed by atoms with Gasteiger partial charge < -0.3 is 29.8 Å². The Hall–Kier alpha value is -4.26. The Kier molecular flexibility index (Phi) is 10.6. The van der Waals surface area contributed by atoms with Crippen molar-refractivity contribution in [2.75, 3.05) is 26.5 Å². The van der Waals surface area contributed by atoms with Gasteiger partial charge in [0.1, 0.15) is 23.1 Å². The molecule has 3 amide bonds. The average molecular weight is 590 g/mol. The minimum absolute atomic E-state index is 0.0912. The summed E-state index contributed by atoms with van der Waals surface area (Å²) >= 11 is 6.26. The summed E-state index contributed by atoms with van der Waals surface area (Å²) in [5, 5.41) is 5.08. The molecule has 3 N–H and O–H groups in total. The molecule has 0 aliphatic heterocycles. The number of hydrogen-bond donors (Lipinski definition) is 3. The van der Waals surface area contributed by atoms with Crippen LogP contribution in [-0.4, -0.2) is 69.6 Å². The number of likely N-dealkylation sites (N-methyl/N-ethyl adjacent to an activating group) is 1. The Balaban J connectivity index is 1.83. The standard InChI is InChI=1S/C27H33ClFN7O5/c1-15(2)10-19-24-23(17(29)12-30-19)33-21(34-24)14-36-13-16(28)11-20(26(36)39)31-25(38)18(32-27(40)41-5)8-6-7-9-22(37)35(3)4/h7,9,11-13,15,18H,6,8,10,14H2,1-5H3,(H,31,38)(H,32,40)(H,33,34)/b9-7+/t18-/m0/s1. The van der Waals surface area contributed by atoms with Crippen LogP contribution in [-0.2, 0) is 27.3 Å². The maximum Gasteiger partial charge on any atom is 0.407 e. The third-order valence-electron chi connectivity index (χ3n) is 5.95. The second-order valence-electron chi connectivity index (χ2n) is 9.95. The molecule has 220 valence electrons. The molecule has 0 aromatic carbocycles. The van der Waals surface area contributed by atoms with Crippen molar-refractivity contribution in [1.29, 1.82) is 0 Å². The van der Waals surface area contributed by atoms with E-state index in [1.54, 1.807) is 20.2 Å². The highest BCUT2D eigenvalue weighted by Gasteiger charge is 2.23. The van der Waals surface area contributed by atoms with Crippen LogP contribution in [0.2, 0.25) is 5.02 Å². The zero-order chi connectivity index (χ0) is 30.3. The van der Waals surface area contributed by atoms with Crippen molar-refractivity contribution in [3.63, 3.8) is 0 Å². The number of pyridine rings is 2. The second kappa shape index (κ2) is 13.9. The SMILES string of the molecule is COC(=O)N[C@@H](CC/C=C/C(=O)N(C)C)C(=O)Nc1cc(Cl)cn(Cc2nc3c(F)cnc(CC(C)C)c3[nH]2)c1=O. The number of ether oxygens (including phenoxy) is 1. The summed E-state index contributed by atoms with van der Waals surface area (Å²) in [6.45, 7) is 3.94. The molecule has 14 heteroatoms. The Bertz CT molecular complexity index is 1520. The van der Waals surface area contributed by atoms with Gasteiger partial charge in [-0.05, 0) is 37.3 Å². The van der Waals surface area contributed by atoms with Gasteiger partial charge in [-0.2, -0.15) is 0 Å². The molecule has 3 rings (SSSR count). The van der Waals surface area contributed by atoms with E-state index in [-0.39, 0.29) is 47.4 Å². The van der Waals surface area contributed by atoms with E-state index in [9.17, 15) is 23.6 Å². The summed E-state index contributed by atoms with van der Waals surface area (Å²) in [6, 6.07) is 0.199. The lowest BCUT2D eigenvalue weighted by Crippen LogP contribution is -2.44. The van der Waals surface area contributed by atoms with Crippen LogP contribution in [0, 0.1) is 11.7 Å². The molecule has 0 bridgehead atoms. The van der Waals surface area contributed by atoms with Gasteiger partial charge in [0.15, 0.2) is 5.82 Å². The first-order chi connectivity index (χ1) is 19.4. The van der Waals surface area contributed by atoms with Crippen LogP contribution in [0.25, 0.3) is 11.0 Å². The molecule has 0 saturated carbocycles. The smallest absolute Gasteiger partial charge is 0.407 e. The molecule has 0 spiro atoms. The molecule has 0 radical (unpaired) electrons. The van der Waals surface area contributed by atoms with E-state index in [0.29, 0.717) is 23.5 Å². The number of anilines is 1. The second-order valence-corrected chi connectivity index (χ2v) is 10.4. The number of imidazole rings is 1. The van der Waals surface area contributed by atoms with Gasteiger partial charge in [0.2, 0.25) is 11.8 Å². The Morgan fingerprint density at radius 1 is 1.29 bits per heavy atom. The van der Waals surface area contributed by atoms with Gasteiger partial charge in [0, 0.05) is 20.3 Å². The molecule has 0 aliphatic carbocycles. The molecule has 41 heavy (non-hydrogen) atoms. The summed E-state index contributed by atoms with van der Waals surface area (Å²) in [4.78, 5) is 62.9. The fraction of sp³-hybridized carbons (Fsp3) is 0.407. The summed E-state index contributed by atoms with van der Waals surface area (Å²) in [7, 11) is 4.36. The Labute approximate surface area is 240 Å². The van der Waals surface area contributed by atoms with Crippen LogP contribution in [0.3, 0.4) is 0 Å². The molecule has 0 aliphatic rings. The molecule has 1 atom stereocenters. The fourth-order valence-corrected chi connectivity index (χ4v) is 4.16. The van der Waals surface area contributed by atoms with Gasteiger partial charge in [-0.1, -0.05) is 31.5 Å². The predicted molar refractivity (Wildman–Crippen MR) is 152 cm³/mol. The van der Waals surface area contributed by atoms with Gasteiger partial charge in [-0.25, -0.2) is 14.2 Å². The average Bonchev–Trinajstić information content (AvgIpc) is 3.34. The first-order valence-corrected chi connectivity index (χ1v) is 13.2. The van der Waals surface area contributed by atoms with Crippen LogP contribution >= 0.6 is 11.6 Å². The number of alkyl carbamates (subject to hydrolysis) is 1. The van der Waals surface area contributed by atoms with Crippen molar-refractivity contribution >= 4 is 46.2 Å². The van der Waals surface area contributed by atoms with Gasteiger partial charge in [0.05, 0.1) is 36.1 Å². The maximum absolute atomic E-state index is 14.4. The highest BCUT2D eigenvalue weighted by atomic mass is 35.5. The zero-order valence-electron chi connectivity index (χ0n) is 23.5. The molecule has 0 saturated heterocycles. The monoisotopic (exact) mass is 589 g/mol. The van der Waals surface area contributed by atoms with Crippen LogP contribution in [0.4, 0.5) is 14.9 Å². The van der Waals surface area contributed by atoms with Crippen molar-refractivity contribution in [1.82, 2.24) is 29.7 Å². The van der Waals surface area contributed by atoms with E-state index in [1.165, 1.54) is 27.8 Å². The minimum Gasteiger partial charge on any atom is -0.453 e. The lowest BCUT2D eigenvalue weighted by molar-refractivity contribution is -0.123. The lowest BCUT2D eigenvalue weighted by Gasteiger charge is -2.17. The van der Waals surface area contributed by atoms with E-state index >= 15 is 0 Å². The largest absolute Gasteiger partial charge is 0.453 e. The highest BCUT2D eigenvalue weighted by Crippen LogP contribution is 2.21. The molecule has 3 heterocycles. The van der Waals surface area contributed by atoms with Gasteiger partial charge >= 0.3 is 6.09 Å². The summed E-state index contributed by atoms with van der Waals surface area (Å²) in [5.74, 6) is -0.942. The van der Waals surface area contributed by atoms with E-state index in [0.717, 1.165) is 13.3 Å². The lowest BCUT2D eigenvalue weighted by atomic mass is 10.1. The Morgan fingerprint density at radius 2 is 2.02 bits per heavy atom. The molecule has 0 fully saturated rings. The number of nitrogens with one attached hydrogen (secondary N) is 3. The summed E-state index contributed by atoms with van der Waals surface area (Å²) in [5.41, 5.74) is 0.494. The number of allylic oxidation sites excluding steroid dienone is 1. The molecule has 0 unspecified atom stereocenters. The van der Waals surface area contributed by atoms with E-state index in [4.69, 9.17) is 11.6 Å². The summed E-state index contributed by atoms with van der Waals surface area (Å²) < 4.78 is 20.3. The van der Waals surface area contributed by atoms with Gasteiger partial charge in [0.25, 0.3) is 5.56 Å². The Morgan fingerprint density at radius 3 is 2.68 bits per heavy atom. The van der Waals surface area contributed by atoms with Gasteiger partial charge in [-0.15, -0.1) is 0 Å². The molecular weight excluding hydrogens is 557 g/mol. The number of aromatic amines is 1. The number of halogens is 2. The number of methoxy groups -OCH3 is 1. The van der Waals surface area contributed by atoms with Crippen molar-refractivity contribution in [2.24, 2.45) is 5.92 Å². The topological polar surface area (TPSA) is 151 Å². The molecular formula is C27H33ClFN7O5. The number of hydrogen-bond acceptors (Lipinski definition) is 7. The quantitative estimate of drug-likeness (QED) is 0.290. The van der Waals surface area contributed by atoms with Crippen molar-refractivity contribution in [3.05, 3.63) is 63.3 Å². The number of rotatable bonds is 11. The van der Waals surface area contributed by atoms with E-state index in [1.807, 2.05) is 13.8 Å². The van der Waals surface area contributed by atoms with Crippen LogP contribution in [0.5, 0.6) is 0 Å². The number of carbonyl (C=O) groups excluding carboxylic acids is 3.